The lowest BCUT2D eigenvalue weighted by atomic mass is 10.2. The predicted molar refractivity (Wildman–Crippen MR) is 125 cm³/mol. The normalized spacial score (nSPS) is 11.0. The zero-order valence-electron chi connectivity index (χ0n) is 17.6. The number of halogens is 2. The van der Waals surface area contributed by atoms with Gasteiger partial charge in [0.15, 0.2) is 11.0 Å². The van der Waals surface area contributed by atoms with E-state index in [9.17, 15) is 13.6 Å². The predicted octanol–water partition coefficient (Wildman–Crippen LogP) is 5.35. The van der Waals surface area contributed by atoms with Crippen molar-refractivity contribution in [3.05, 3.63) is 77.7 Å². The third-order valence-electron chi connectivity index (χ3n) is 4.71. The third-order valence-corrected chi connectivity index (χ3v) is 6.49. The summed E-state index contributed by atoms with van der Waals surface area (Å²) in [4.78, 5) is 15.3. The van der Waals surface area contributed by atoms with Crippen LogP contribution in [-0.4, -0.2) is 45.0 Å². The van der Waals surface area contributed by atoms with Gasteiger partial charge in [-0.15, -0.1) is 21.5 Å². The summed E-state index contributed by atoms with van der Waals surface area (Å²) in [6, 6.07) is 20.0. The Balaban J connectivity index is 1.44. The molecule has 2 aromatic heterocycles. The van der Waals surface area contributed by atoms with Gasteiger partial charge in [-0.3, -0.25) is 9.36 Å². The Kier molecular flexibility index (Phi) is 7.36. The van der Waals surface area contributed by atoms with Crippen molar-refractivity contribution < 1.29 is 18.3 Å². The van der Waals surface area contributed by atoms with Gasteiger partial charge in [0.2, 0.25) is 5.91 Å². The molecule has 0 N–H and O–H groups in total. The van der Waals surface area contributed by atoms with Crippen LogP contribution in [0.3, 0.4) is 0 Å². The van der Waals surface area contributed by atoms with Crippen molar-refractivity contribution in [3.63, 3.8) is 0 Å². The molecule has 0 aliphatic carbocycles. The number of benzene rings is 2. The van der Waals surface area contributed by atoms with Crippen LogP contribution in [0.1, 0.15) is 5.56 Å². The standard InChI is InChI=1S/C23H20F2N4O2S2/c1-28(14-16-9-11-18(12-10-16)31-22(24)25)20(30)15-33-23-27-26-21(19-8-5-13-32-19)29(23)17-6-3-2-4-7-17/h2-13,22H,14-15H2,1H3. The first-order valence-electron chi connectivity index (χ1n) is 9.96. The van der Waals surface area contributed by atoms with Crippen LogP contribution < -0.4 is 4.74 Å². The first kappa shape index (κ1) is 22.9. The van der Waals surface area contributed by atoms with Gasteiger partial charge in [0.1, 0.15) is 5.75 Å². The van der Waals surface area contributed by atoms with Crippen LogP contribution >= 0.6 is 23.1 Å². The average molecular weight is 487 g/mol. The number of hydrogen-bond acceptors (Lipinski definition) is 6. The van der Waals surface area contributed by atoms with Crippen LogP contribution in [0.5, 0.6) is 5.75 Å². The summed E-state index contributed by atoms with van der Waals surface area (Å²) >= 11 is 2.89. The number of carbonyl (C=O) groups is 1. The van der Waals surface area contributed by atoms with Gasteiger partial charge in [-0.1, -0.05) is 48.2 Å². The molecule has 1 amide bonds. The van der Waals surface area contributed by atoms with Crippen LogP contribution in [0, 0.1) is 0 Å². The summed E-state index contributed by atoms with van der Waals surface area (Å²) < 4.78 is 30.9. The minimum absolute atomic E-state index is 0.0834. The van der Waals surface area contributed by atoms with Gasteiger partial charge < -0.3 is 9.64 Å². The Bertz CT molecular complexity index is 1180. The number of ether oxygens (including phenoxy) is 1. The molecule has 0 aliphatic heterocycles. The van der Waals surface area contributed by atoms with Crippen molar-refractivity contribution in [2.45, 2.75) is 18.3 Å². The van der Waals surface area contributed by atoms with Gasteiger partial charge >= 0.3 is 6.61 Å². The van der Waals surface area contributed by atoms with E-state index in [1.54, 1.807) is 35.4 Å². The Morgan fingerprint density at radius 3 is 2.52 bits per heavy atom. The molecule has 170 valence electrons. The second-order valence-electron chi connectivity index (χ2n) is 7.02. The molecular weight excluding hydrogens is 466 g/mol. The molecule has 2 aromatic carbocycles. The fourth-order valence-electron chi connectivity index (χ4n) is 3.11. The van der Waals surface area contributed by atoms with Gasteiger partial charge in [0.25, 0.3) is 0 Å². The molecule has 0 bridgehead atoms. The molecule has 33 heavy (non-hydrogen) atoms. The van der Waals surface area contributed by atoms with Crippen molar-refractivity contribution >= 4 is 29.0 Å². The summed E-state index contributed by atoms with van der Waals surface area (Å²) in [5.41, 5.74) is 1.73. The number of alkyl halides is 2. The third kappa shape index (κ3) is 5.77. The monoisotopic (exact) mass is 486 g/mol. The van der Waals surface area contributed by atoms with E-state index in [4.69, 9.17) is 0 Å². The van der Waals surface area contributed by atoms with Gasteiger partial charge in [-0.05, 0) is 41.3 Å². The van der Waals surface area contributed by atoms with Crippen molar-refractivity contribution in [3.8, 4) is 22.1 Å². The van der Waals surface area contributed by atoms with E-state index in [1.165, 1.54) is 23.9 Å². The quantitative estimate of drug-likeness (QED) is 0.299. The number of rotatable bonds is 9. The number of thiophene rings is 1. The Morgan fingerprint density at radius 2 is 1.85 bits per heavy atom. The maximum absolute atomic E-state index is 12.7. The SMILES string of the molecule is CN(Cc1ccc(OC(F)F)cc1)C(=O)CSc1nnc(-c2cccs2)n1-c1ccccc1. The molecule has 0 radical (unpaired) electrons. The van der Waals surface area contributed by atoms with Gasteiger partial charge in [0.05, 0.1) is 10.6 Å². The first-order valence-corrected chi connectivity index (χ1v) is 11.8. The maximum Gasteiger partial charge on any atom is 0.387 e. The van der Waals surface area contributed by atoms with E-state index in [-0.39, 0.29) is 17.4 Å². The van der Waals surface area contributed by atoms with E-state index in [1.807, 2.05) is 52.4 Å². The minimum Gasteiger partial charge on any atom is -0.435 e. The molecule has 6 nitrogen and oxygen atoms in total. The second-order valence-corrected chi connectivity index (χ2v) is 8.91. The fraction of sp³-hybridized carbons (Fsp3) is 0.174. The number of para-hydroxylation sites is 1. The van der Waals surface area contributed by atoms with E-state index in [0.717, 1.165) is 22.0 Å². The Labute approximate surface area is 197 Å². The lowest BCUT2D eigenvalue weighted by Crippen LogP contribution is -2.27. The molecule has 0 atom stereocenters. The van der Waals surface area contributed by atoms with Crippen LogP contribution in [-0.2, 0) is 11.3 Å². The highest BCUT2D eigenvalue weighted by molar-refractivity contribution is 7.99. The molecule has 0 saturated carbocycles. The molecule has 0 saturated heterocycles. The van der Waals surface area contributed by atoms with Crippen LogP contribution in [0.25, 0.3) is 16.4 Å². The average Bonchev–Trinajstić information content (AvgIpc) is 3.49. The summed E-state index contributed by atoms with van der Waals surface area (Å²) in [5, 5.41) is 11.3. The molecule has 2 heterocycles. The largest absolute Gasteiger partial charge is 0.435 e. The summed E-state index contributed by atoms with van der Waals surface area (Å²) in [6.07, 6.45) is 0. The molecule has 4 rings (SSSR count). The van der Waals surface area contributed by atoms with Crippen molar-refractivity contribution in [2.75, 3.05) is 12.8 Å². The number of aromatic nitrogens is 3. The van der Waals surface area contributed by atoms with E-state index >= 15 is 0 Å². The van der Waals surface area contributed by atoms with Crippen molar-refractivity contribution in [2.24, 2.45) is 0 Å². The topological polar surface area (TPSA) is 60.2 Å². The van der Waals surface area contributed by atoms with E-state index < -0.39 is 6.61 Å². The van der Waals surface area contributed by atoms with E-state index in [0.29, 0.717) is 11.7 Å². The summed E-state index contributed by atoms with van der Waals surface area (Å²) in [6.45, 7) is -2.52. The molecule has 10 heteroatoms. The minimum atomic E-state index is -2.87. The highest BCUT2D eigenvalue weighted by atomic mass is 32.2. The van der Waals surface area contributed by atoms with Crippen molar-refractivity contribution in [1.82, 2.24) is 19.7 Å². The van der Waals surface area contributed by atoms with Gasteiger partial charge in [-0.25, -0.2) is 0 Å². The highest BCUT2D eigenvalue weighted by Crippen LogP contribution is 2.30. The van der Waals surface area contributed by atoms with Crippen LogP contribution in [0.15, 0.2) is 77.3 Å². The molecule has 0 fully saturated rings. The Hall–Kier alpha value is -3.24. The fourth-order valence-corrected chi connectivity index (χ4v) is 4.70. The Morgan fingerprint density at radius 1 is 1.09 bits per heavy atom. The smallest absolute Gasteiger partial charge is 0.387 e. The maximum atomic E-state index is 12.7. The number of nitrogens with zero attached hydrogens (tertiary/aromatic N) is 4. The molecule has 4 aromatic rings. The summed E-state index contributed by atoms with van der Waals surface area (Å²) in [5.74, 6) is 0.900. The number of amides is 1. The van der Waals surface area contributed by atoms with Gasteiger partial charge in [-0.2, -0.15) is 8.78 Å². The zero-order valence-corrected chi connectivity index (χ0v) is 19.2. The van der Waals surface area contributed by atoms with Crippen molar-refractivity contribution in [1.29, 1.82) is 0 Å². The molecule has 0 unspecified atom stereocenters. The zero-order chi connectivity index (χ0) is 23.2. The summed E-state index contributed by atoms with van der Waals surface area (Å²) in [7, 11) is 1.70. The lowest BCUT2D eigenvalue weighted by molar-refractivity contribution is -0.127. The number of carbonyl (C=O) groups excluding carboxylic acids is 1. The molecule has 0 aliphatic rings. The van der Waals surface area contributed by atoms with E-state index in [2.05, 4.69) is 14.9 Å². The lowest BCUT2D eigenvalue weighted by Gasteiger charge is -2.17. The second kappa shape index (κ2) is 10.6. The highest BCUT2D eigenvalue weighted by Gasteiger charge is 2.19. The van der Waals surface area contributed by atoms with Gasteiger partial charge in [0, 0.05) is 19.3 Å². The molecular formula is C23H20F2N4O2S2. The van der Waals surface area contributed by atoms with Crippen LogP contribution in [0.4, 0.5) is 8.78 Å². The number of thioether (sulfide) groups is 1. The van der Waals surface area contributed by atoms with Crippen LogP contribution in [0.2, 0.25) is 0 Å². The number of hydrogen-bond donors (Lipinski definition) is 0. The first-order chi connectivity index (χ1) is 16.0. The molecule has 0 spiro atoms.